The molecule has 6 rings (SSSR count). The van der Waals surface area contributed by atoms with Crippen molar-refractivity contribution in [1.29, 1.82) is 0 Å². The third-order valence-electron chi connectivity index (χ3n) is 6.64. The van der Waals surface area contributed by atoms with Gasteiger partial charge in [-0.3, -0.25) is 19.3 Å². The summed E-state index contributed by atoms with van der Waals surface area (Å²) in [6.45, 7) is 4.74. The highest BCUT2D eigenvalue weighted by atomic mass is 16.2. The Bertz CT molecular complexity index is 1450. The maximum atomic E-state index is 12.8. The van der Waals surface area contributed by atoms with Crippen LogP contribution in [0.4, 0.5) is 5.69 Å². The van der Waals surface area contributed by atoms with E-state index in [0.29, 0.717) is 30.5 Å². The molecule has 0 spiro atoms. The largest absolute Gasteiger partial charge is 0.335 e. The van der Waals surface area contributed by atoms with Crippen LogP contribution in [0.5, 0.6) is 0 Å². The van der Waals surface area contributed by atoms with Gasteiger partial charge in [0.25, 0.3) is 5.91 Å². The fraction of sp³-hybridized carbons (Fsp3) is 0.222. The number of carbonyl (C=O) groups excluding carboxylic acids is 2. The summed E-state index contributed by atoms with van der Waals surface area (Å²) in [5, 5.41) is 7.87. The van der Waals surface area contributed by atoms with Gasteiger partial charge in [0.05, 0.1) is 12.4 Å². The molecule has 9 heteroatoms. The van der Waals surface area contributed by atoms with Crippen LogP contribution in [-0.4, -0.2) is 54.1 Å². The van der Waals surface area contributed by atoms with Gasteiger partial charge < -0.3 is 14.8 Å². The van der Waals surface area contributed by atoms with E-state index in [-0.39, 0.29) is 17.9 Å². The second kappa shape index (κ2) is 8.92. The van der Waals surface area contributed by atoms with Gasteiger partial charge in [0, 0.05) is 60.7 Å². The first-order valence-corrected chi connectivity index (χ1v) is 11.9. The Morgan fingerprint density at radius 2 is 1.83 bits per heavy atom. The van der Waals surface area contributed by atoms with Crippen molar-refractivity contribution in [2.45, 2.75) is 24.9 Å². The Hall–Kier alpha value is -4.53. The number of imidazole rings is 1. The van der Waals surface area contributed by atoms with Crippen LogP contribution in [0.15, 0.2) is 80.2 Å². The monoisotopic (exact) mass is 479 g/mol. The summed E-state index contributed by atoms with van der Waals surface area (Å²) >= 11 is 0. The Balaban J connectivity index is 1.28. The lowest BCUT2D eigenvalue weighted by atomic mass is 10.0. The number of hydrogen-bond donors (Lipinski definition) is 1. The lowest BCUT2D eigenvalue weighted by Gasteiger charge is -2.38. The minimum absolute atomic E-state index is 0.0709. The number of carbonyl (C=O) groups is 2. The van der Waals surface area contributed by atoms with Crippen molar-refractivity contribution >= 4 is 17.5 Å². The average Bonchev–Trinajstić information content (AvgIpc) is 3.44. The highest BCUT2D eigenvalue weighted by Crippen LogP contribution is 2.35. The van der Waals surface area contributed by atoms with Crippen molar-refractivity contribution in [3.8, 4) is 22.4 Å². The Labute approximate surface area is 208 Å². The molecule has 2 fully saturated rings. The van der Waals surface area contributed by atoms with Crippen LogP contribution in [0.2, 0.25) is 0 Å². The maximum Gasteiger partial charge on any atom is 0.275 e. The van der Waals surface area contributed by atoms with Crippen LogP contribution in [0.1, 0.15) is 35.4 Å². The molecule has 1 saturated carbocycles. The number of nitrogens with zero attached hydrogens (tertiary/aromatic N) is 6. The zero-order valence-corrected chi connectivity index (χ0v) is 19.6. The van der Waals surface area contributed by atoms with E-state index >= 15 is 0 Å². The van der Waals surface area contributed by atoms with Crippen LogP contribution in [-0.2, 0) is 4.79 Å². The Morgan fingerprint density at radius 1 is 1.03 bits per heavy atom. The molecule has 36 heavy (non-hydrogen) atoms. The third-order valence-corrected chi connectivity index (χ3v) is 6.64. The first-order valence-electron chi connectivity index (χ1n) is 11.9. The van der Waals surface area contributed by atoms with E-state index in [2.05, 4.69) is 21.9 Å². The molecule has 9 nitrogen and oxygen atoms in total. The van der Waals surface area contributed by atoms with Crippen LogP contribution in [0.25, 0.3) is 22.4 Å². The summed E-state index contributed by atoms with van der Waals surface area (Å²) in [5.41, 5.74) is 4.68. The minimum Gasteiger partial charge on any atom is -0.335 e. The lowest BCUT2D eigenvalue weighted by Crippen LogP contribution is -2.50. The van der Waals surface area contributed by atoms with Crippen molar-refractivity contribution in [2.75, 3.05) is 18.4 Å². The maximum absolute atomic E-state index is 12.8. The molecule has 4 aromatic rings. The first kappa shape index (κ1) is 22.0. The molecule has 1 aliphatic carbocycles. The van der Waals surface area contributed by atoms with Crippen molar-refractivity contribution in [3.05, 3.63) is 85.9 Å². The molecule has 0 atom stereocenters. The van der Waals surface area contributed by atoms with E-state index < -0.39 is 0 Å². The molecular weight excluding hydrogens is 454 g/mol. The molecule has 3 aromatic heterocycles. The predicted molar refractivity (Wildman–Crippen MR) is 135 cm³/mol. The highest BCUT2D eigenvalue weighted by Gasteiger charge is 2.32. The van der Waals surface area contributed by atoms with E-state index in [4.69, 9.17) is 5.10 Å². The molecule has 0 unspecified atom stereocenters. The number of nitrogens with one attached hydrogen (secondary N) is 1. The van der Waals surface area contributed by atoms with Crippen LogP contribution < -0.4 is 5.32 Å². The van der Waals surface area contributed by atoms with E-state index in [0.717, 1.165) is 35.2 Å². The number of amides is 2. The predicted octanol–water partition coefficient (Wildman–Crippen LogP) is 3.97. The molecule has 180 valence electrons. The van der Waals surface area contributed by atoms with E-state index in [9.17, 15) is 9.59 Å². The number of rotatable bonds is 7. The highest BCUT2D eigenvalue weighted by molar-refractivity contribution is 6.03. The minimum atomic E-state index is -0.243. The standard InChI is InChI=1S/C27H25N7O2/c1-2-25(35)32-13-22(14-32)34-15-23(18-8-10-28-11-9-18)26(31-34)19-4-3-5-20(12-19)30-27(36)24-16-33(17-29-24)21-6-7-21/h2-5,8-12,15-17,21-22H,1,6-7,13-14H2,(H,30,36). The summed E-state index contributed by atoms with van der Waals surface area (Å²) in [5.74, 6) is -0.314. The second-order valence-electron chi connectivity index (χ2n) is 9.18. The number of aromatic nitrogens is 5. The van der Waals surface area contributed by atoms with Gasteiger partial charge in [-0.1, -0.05) is 18.7 Å². The zero-order chi connectivity index (χ0) is 24.6. The van der Waals surface area contributed by atoms with Gasteiger partial charge in [0.1, 0.15) is 11.4 Å². The molecule has 1 saturated heterocycles. The SMILES string of the molecule is C=CC(=O)N1CC(n2cc(-c3ccncc3)c(-c3cccc(NC(=O)c4cn(C5CC5)cn4)c3)n2)C1. The van der Waals surface area contributed by atoms with Crippen molar-refractivity contribution in [1.82, 2.24) is 29.2 Å². The lowest BCUT2D eigenvalue weighted by molar-refractivity contribution is -0.131. The smallest absolute Gasteiger partial charge is 0.275 e. The topological polar surface area (TPSA) is 97.9 Å². The van der Waals surface area contributed by atoms with Gasteiger partial charge in [-0.05, 0) is 48.7 Å². The fourth-order valence-corrected chi connectivity index (χ4v) is 4.43. The third kappa shape index (κ3) is 4.19. The number of benzene rings is 1. The summed E-state index contributed by atoms with van der Waals surface area (Å²) < 4.78 is 3.93. The Kier molecular flexibility index (Phi) is 5.44. The number of likely N-dealkylation sites (tertiary alicyclic amines) is 1. The molecule has 0 radical (unpaired) electrons. The zero-order valence-electron chi connectivity index (χ0n) is 19.6. The van der Waals surface area contributed by atoms with Gasteiger partial charge >= 0.3 is 0 Å². The fourth-order valence-electron chi connectivity index (χ4n) is 4.43. The number of hydrogen-bond acceptors (Lipinski definition) is 5. The summed E-state index contributed by atoms with van der Waals surface area (Å²) in [7, 11) is 0. The molecule has 1 aliphatic heterocycles. The summed E-state index contributed by atoms with van der Waals surface area (Å²) in [4.78, 5) is 34.8. The Morgan fingerprint density at radius 3 is 2.58 bits per heavy atom. The van der Waals surface area contributed by atoms with Crippen molar-refractivity contribution < 1.29 is 9.59 Å². The molecular formula is C27H25N7O2. The van der Waals surface area contributed by atoms with Crippen LogP contribution in [0.3, 0.4) is 0 Å². The van der Waals surface area contributed by atoms with Crippen LogP contribution >= 0.6 is 0 Å². The second-order valence-corrected chi connectivity index (χ2v) is 9.18. The van der Waals surface area contributed by atoms with E-state index in [1.807, 2.05) is 51.8 Å². The quantitative estimate of drug-likeness (QED) is 0.405. The van der Waals surface area contributed by atoms with Gasteiger partial charge in [0.2, 0.25) is 5.91 Å². The van der Waals surface area contributed by atoms with Gasteiger partial charge in [0.15, 0.2) is 0 Å². The average molecular weight is 480 g/mol. The number of anilines is 1. The van der Waals surface area contributed by atoms with Crippen LogP contribution in [0, 0.1) is 0 Å². The molecule has 4 heterocycles. The summed E-state index contributed by atoms with van der Waals surface area (Å²) in [6, 6.07) is 12.1. The first-order chi connectivity index (χ1) is 17.6. The van der Waals surface area contributed by atoms with Crippen molar-refractivity contribution in [2.24, 2.45) is 0 Å². The number of pyridine rings is 1. The van der Waals surface area contributed by atoms with Gasteiger partial charge in [-0.2, -0.15) is 5.10 Å². The van der Waals surface area contributed by atoms with Crippen molar-refractivity contribution in [3.63, 3.8) is 0 Å². The van der Waals surface area contributed by atoms with E-state index in [1.54, 1.807) is 29.8 Å². The summed E-state index contributed by atoms with van der Waals surface area (Å²) in [6.07, 6.45) is 12.7. The van der Waals surface area contributed by atoms with E-state index in [1.165, 1.54) is 6.08 Å². The van der Waals surface area contributed by atoms with Gasteiger partial charge in [-0.25, -0.2) is 4.98 Å². The normalized spacial score (nSPS) is 15.4. The molecule has 1 aromatic carbocycles. The van der Waals surface area contributed by atoms with Gasteiger partial charge in [-0.15, -0.1) is 0 Å². The molecule has 0 bridgehead atoms. The molecule has 2 amide bonds. The molecule has 1 N–H and O–H groups in total. The molecule has 2 aliphatic rings.